The molecule has 1 fully saturated rings. The average molecular weight is 477 g/mol. The van der Waals surface area contributed by atoms with Crippen LogP contribution in [-0.2, 0) is 10.2 Å². The van der Waals surface area contributed by atoms with Crippen LogP contribution in [0.25, 0.3) is 17.1 Å². The molecule has 1 aromatic heterocycles. The Labute approximate surface area is 207 Å². The molecule has 5 nitrogen and oxygen atoms in total. The van der Waals surface area contributed by atoms with E-state index < -0.39 is 0 Å². The number of carbonyl (C=O) groups excluding carboxylic acids is 1. The number of rotatable bonds is 6. The molecule has 1 aliphatic carbocycles. The normalized spacial score (nSPS) is 18.6. The number of nitrogens with zero attached hydrogens (tertiary/aromatic N) is 3. The molecule has 1 heterocycles. The molecule has 0 saturated heterocycles. The Bertz CT molecular complexity index is 1130. The van der Waals surface area contributed by atoms with E-state index in [1.165, 1.54) is 36.6 Å². The van der Waals surface area contributed by atoms with Gasteiger partial charge in [-0.15, -0.1) is 10.2 Å². The highest BCUT2D eigenvalue weighted by Crippen LogP contribution is 2.31. The van der Waals surface area contributed by atoms with Gasteiger partial charge in [0.2, 0.25) is 5.91 Å². The maximum atomic E-state index is 12.8. The van der Waals surface area contributed by atoms with Gasteiger partial charge < -0.3 is 5.32 Å². The summed E-state index contributed by atoms with van der Waals surface area (Å²) in [6, 6.07) is 17.1. The van der Waals surface area contributed by atoms with Crippen molar-refractivity contribution in [3.63, 3.8) is 0 Å². The van der Waals surface area contributed by atoms with Crippen molar-refractivity contribution in [3.05, 3.63) is 59.7 Å². The van der Waals surface area contributed by atoms with Crippen LogP contribution in [0, 0.1) is 12.8 Å². The Hall–Kier alpha value is -2.60. The molecule has 2 atom stereocenters. The minimum Gasteiger partial charge on any atom is -0.352 e. The number of aryl methyl sites for hydroxylation is 1. The first-order chi connectivity index (χ1) is 16.2. The van der Waals surface area contributed by atoms with Gasteiger partial charge in [-0.05, 0) is 48.3 Å². The summed E-state index contributed by atoms with van der Waals surface area (Å²) in [5.41, 5.74) is 4.55. The summed E-state index contributed by atoms with van der Waals surface area (Å²) in [6.45, 7) is 11.0. The molecule has 0 aliphatic heterocycles. The molecule has 0 spiro atoms. The molecule has 1 N–H and O–H groups in total. The van der Waals surface area contributed by atoms with Gasteiger partial charge >= 0.3 is 0 Å². The number of aromatic nitrogens is 3. The van der Waals surface area contributed by atoms with Crippen LogP contribution in [0.1, 0.15) is 64.5 Å². The maximum Gasteiger partial charge on any atom is 0.230 e. The van der Waals surface area contributed by atoms with Gasteiger partial charge in [0.1, 0.15) is 0 Å². The topological polar surface area (TPSA) is 59.8 Å². The molecule has 4 rings (SSSR count). The minimum atomic E-state index is 0.0687. The van der Waals surface area contributed by atoms with Gasteiger partial charge in [-0.1, -0.05) is 94.8 Å². The van der Waals surface area contributed by atoms with Crippen LogP contribution in [0.15, 0.2) is 53.7 Å². The summed E-state index contributed by atoms with van der Waals surface area (Å²) in [7, 11) is 0. The Morgan fingerprint density at radius 2 is 1.76 bits per heavy atom. The number of para-hydroxylation sites is 1. The molecule has 2 aromatic carbocycles. The van der Waals surface area contributed by atoms with Crippen LogP contribution in [-0.4, -0.2) is 32.5 Å². The fourth-order valence-electron chi connectivity index (χ4n) is 4.61. The number of hydrogen-bond donors (Lipinski definition) is 1. The van der Waals surface area contributed by atoms with Crippen LogP contribution in [0.3, 0.4) is 0 Å². The Morgan fingerprint density at radius 1 is 1.06 bits per heavy atom. The van der Waals surface area contributed by atoms with Crippen molar-refractivity contribution < 1.29 is 4.79 Å². The number of hydrogen-bond acceptors (Lipinski definition) is 4. The van der Waals surface area contributed by atoms with Gasteiger partial charge in [0.25, 0.3) is 0 Å². The zero-order valence-electron chi connectivity index (χ0n) is 21.0. The van der Waals surface area contributed by atoms with Gasteiger partial charge in [0.15, 0.2) is 11.0 Å². The van der Waals surface area contributed by atoms with Crippen LogP contribution < -0.4 is 5.32 Å². The van der Waals surface area contributed by atoms with Crippen molar-refractivity contribution in [2.24, 2.45) is 5.92 Å². The predicted molar refractivity (Wildman–Crippen MR) is 141 cm³/mol. The SMILES string of the molecule is Cc1ccccc1-n1c(SCC(=O)NC2CCCCC2C)nnc1-c1ccc(C(C)(C)C)cc1. The van der Waals surface area contributed by atoms with E-state index in [0.29, 0.717) is 11.7 Å². The molecule has 2 unspecified atom stereocenters. The van der Waals surface area contributed by atoms with E-state index in [4.69, 9.17) is 0 Å². The minimum absolute atomic E-state index is 0.0687. The number of thioether (sulfide) groups is 1. The zero-order valence-corrected chi connectivity index (χ0v) is 21.8. The summed E-state index contributed by atoms with van der Waals surface area (Å²) in [5, 5.41) is 13.1. The first kappa shape index (κ1) is 24.5. The van der Waals surface area contributed by atoms with Crippen LogP contribution in [0.5, 0.6) is 0 Å². The number of amides is 1. The van der Waals surface area contributed by atoms with E-state index in [1.54, 1.807) is 0 Å². The molecule has 34 heavy (non-hydrogen) atoms. The van der Waals surface area contributed by atoms with E-state index in [0.717, 1.165) is 34.2 Å². The Morgan fingerprint density at radius 3 is 2.44 bits per heavy atom. The van der Waals surface area contributed by atoms with Gasteiger partial charge in [0.05, 0.1) is 11.4 Å². The molecule has 3 aromatic rings. The number of carbonyl (C=O) groups is 1. The van der Waals surface area contributed by atoms with Crippen molar-refractivity contribution >= 4 is 17.7 Å². The van der Waals surface area contributed by atoms with Crippen molar-refractivity contribution in [2.75, 3.05) is 5.75 Å². The second-order valence-corrected chi connectivity index (χ2v) is 11.4. The highest BCUT2D eigenvalue weighted by Gasteiger charge is 2.24. The lowest BCUT2D eigenvalue weighted by Gasteiger charge is -2.29. The summed E-state index contributed by atoms with van der Waals surface area (Å²) < 4.78 is 2.09. The Balaban J connectivity index is 1.60. The largest absolute Gasteiger partial charge is 0.352 e. The standard InChI is InChI=1S/C28H36N4OS/c1-19-10-6-8-12-23(19)29-25(33)18-34-27-31-30-26(32(27)24-13-9-7-11-20(24)2)21-14-16-22(17-15-21)28(3,4)5/h7,9,11,13-17,19,23H,6,8,10,12,18H2,1-5H3,(H,29,33). The smallest absolute Gasteiger partial charge is 0.230 e. The summed E-state index contributed by atoms with van der Waals surface area (Å²) >= 11 is 1.45. The van der Waals surface area contributed by atoms with Crippen molar-refractivity contribution in [1.29, 1.82) is 0 Å². The van der Waals surface area contributed by atoms with Crippen LogP contribution in [0.4, 0.5) is 0 Å². The molecule has 0 bridgehead atoms. The zero-order chi connectivity index (χ0) is 24.3. The molecule has 180 valence electrons. The van der Waals surface area contributed by atoms with Crippen LogP contribution >= 0.6 is 11.8 Å². The van der Waals surface area contributed by atoms with Crippen molar-refractivity contribution in [2.45, 2.75) is 76.9 Å². The van der Waals surface area contributed by atoms with E-state index in [2.05, 4.69) is 91.1 Å². The maximum absolute atomic E-state index is 12.8. The molecule has 1 aliphatic rings. The molecule has 1 amide bonds. The highest BCUT2D eigenvalue weighted by atomic mass is 32.2. The Kier molecular flexibility index (Phi) is 7.46. The first-order valence-electron chi connectivity index (χ1n) is 12.3. The second-order valence-electron chi connectivity index (χ2n) is 10.5. The lowest BCUT2D eigenvalue weighted by Crippen LogP contribution is -2.41. The third-order valence-corrected chi connectivity index (χ3v) is 7.72. The van der Waals surface area contributed by atoms with E-state index in [1.807, 2.05) is 12.1 Å². The summed E-state index contributed by atoms with van der Waals surface area (Å²) in [5.74, 6) is 1.73. The van der Waals surface area contributed by atoms with Gasteiger partial charge in [-0.25, -0.2) is 0 Å². The predicted octanol–water partition coefficient (Wildman–Crippen LogP) is 6.33. The van der Waals surface area contributed by atoms with Crippen LogP contribution in [0.2, 0.25) is 0 Å². The molecular formula is C28H36N4OS. The fourth-order valence-corrected chi connectivity index (χ4v) is 5.37. The third kappa shape index (κ3) is 5.54. The molecule has 0 radical (unpaired) electrons. The quantitative estimate of drug-likeness (QED) is 0.423. The summed E-state index contributed by atoms with van der Waals surface area (Å²) in [4.78, 5) is 12.8. The molecule has 1 saturated carbocycles. The third-order valence-electron chi connectivity index (χ3n) is 6.79. The first-order valence-corrected chi connectivity index (χ1v) is 13.3. The second kappa shape index (κ2) is 10.3. The van der Waals surface area contributed by atoms with Gasteiger partial charge in [0, 0.05) is 11.6 Å². The average Bonchev–Trinajstić information content (AvgIpc) is 3.23. The van der Waals surface area contributed by atoms with Crippen molar-refractivity contribution in [1.82, 2.24) is 20.1 Å². The van der Waals surface area contributed by atoms with Gasteiger partial charge in [-0.3, -0.25) is 9.36 Å². The van der Waals surface area contributed by atoms with E-state index >= 15 is 0 Å². The highest BCUT2D eigenvalue weighted by molar-refractivity contribution is 7.99. The lowest BCUT2D eigenvalue weighted by atomic mass is 9.86. The van der Waals surface area contributed by atoms with Gasteiger partial charge in [-0.2, -0.15) is 0 Å². The monoisotopic (exact) mass is 476 g/mol. The molecule has 6 heteroatoms. The lowest BCUT2D eigenvalue weighted by molar-refractivity contribution is -0.119. The molecular weight excluding hydrogens is 440 g/mol. The number of nitrogens with one attached hydrogen (secondary N) is 1. The fraction of sp³-hybridized carbons (Fsp3) is 0.464. The number of benzene rings is 2. The van der Waals surface area contributed by atoms with E-state index in [9.17, 15) is 4.79 Å². The van der Waals surface area contributed by atoms with E-state index in [-0.39, 0.29) is 17.4 Å². The summed E-state index contributed by atoms with van der Waals surface area (Å²) in [6.07, 6.45) is 4.73. The van der Waals surface area contributed by atoms with Crippen molar-refractivity contribution in [3.8, 4) is 17.1 Å².